The molecule has 0 unspecified atom stereocenters. The molecule has 3 aromatic rings. The summed E-state index contributed by atoms with van der Waals surface area (Å²) >= 11 is 0. The first-order valence-corrected chi connectivity index (χ1v) is 10.2. The van der Waals surface area contributed by atoms with Crippen molar-refractivity contribution in [2.24, 2.45) is 0 Å². The molecular weight excluding hydrogens is 392 g/mol. The number of rotatable bonds is 5. The minimum absolute atomic E-state index is 0.0363. The lowest BCUT2D eigenvalue weighted by Crippen LogP contribution is -2.33. The van der Waals surface area contributed by atoms with Crippen LogP contribution in [-0.4, -0.2) is 33.6 Å². The van der Waals surface area contributed by atoms with Crippen molar-refractivity contribution < 1.29 is 19.1 Å². The van der Waals surface area contributed by atoms with Gasteiger partial charge in [0.25, 0.3) is 0 Å². The molecule has 2 heterocycles. The Kier molecular flexibility index (Phi) is 5.46. The summed E-state index contributed by atoms with van der Waals surface area (Å²) in [5.74, 6) is -0.947. The summed E-state index contributed by atoms with van der Waals surface area (Å²) in [6.45, 7) is 4.87. The van der Waals surface area contributed by atoms with Crippen LogP contribution in [0, 0.1) is 6.92 Å². The van der Waals surface area contributed by atoms with E-state index in [9.17, 15) is 14.4 Å². The van der Waals surface area contributed by atoms with Crippen LogP contribution in [0.5, 0.6) is 0 Å². The molecule has 6 heteroatoms. The summed E-state index contributed by atoms with van der Waals surface area (Å²) in [6.07, 6.45) is 2.56. The van der Waals surface area contributed by atoms with Gasteiger partial charge >= 0.3 is 5.97 Å². The number of para-hydroxylation sites is 1. The first-order chi connectivity index (χ1) is 14.9. The van der Waals surface area contributed by atoms with Crippen molar-refractivity contribution in [3.63, 3.8) is 0 Å². The first kappa shape index (κ1) is 20.6. The van der Waals surface area contributed by atoms with Gasteiger partial charge in [-0.3, -0.25) is 14.4 Å². The number of hydrogen-bond donors (Lipinski definition) is 1. The molecule has 1 amide bonds. The average molecular weight is 416 g/mol. The van der Waals surface area contributed by atoms with Crippen LogP contribution in [0.4, 0.5) is 0 Å². The molecule has 6 nitrogen and oxygen atoms in total. The SMILES string of the molecule is CC(=O)N1C=Cc2ccccc2[C@H]1CC(=O)O[C@@H](C)C(=O)c1c(C)[nH]c2ccccc12. The zero-order valence-corrected chi connectivity index (χ0v) is 17.7. The van der Waals surface area contributed by atoms with Crippen molar-refractivity contribution in [1.82, 2.24) is 9.88 Å². The Balaban J connectivity index is 1.52. The number of esters is 1. The van der Waals surface area contributed by atoms with Crippen LogP contribution in [0.1, 0.15) is 53.5 Å². The van der Waals surface area contributed by atoms with E-state index in [2.05, 4.69) is 4.98 Å². The van der Waals surface area contributed by atoms with Gasteiger partial charge < -0.3 is 14.6 Å². The molecule has 0 aliphatic carbocycles. The van der Waals surface area contributed by atoms with Gasteiger partial charge in [-0.1, -0.05) is 42.5 Å². The lowest BCUT2D eigenvalue weighted by molar-refractivity contribution is -0.148. The lowest BCUT2D eigenvalue weighted by Gasteiger charge is -2.32. The van der Waals surface area contributed by atoms with E-state index in [4.69, 9.17) is 4.74 Å². The predicted octanol–water partition coefficient (Wildman–Crippen LogP) is 4.55. The number of fused-ring (bicyclic) bond motifs is 2. The van der Waals surface area contributed by atoms with Crippen LogP contribution in [0.3, 0.4) is 0 Å². The molecule has 0 fully saturated rings. The third-order valence-electron chi connectivity index (χ3n) is 5.65. The van der Waals surface area contributed by atoms with Crippen LogP contribution in [0.2, 0.25) is 0 Å². The second kappa shape index (κ2) is 8.22. The van der Waals surface area contributed by atoms with E-state index < -0.39 is 18.1 Å². The average Bonchev–Trinajstić information content (AvgIpc) is 3.08. The highest BCUT2D eigenvalue weighted by Crippen LogP contribution is 2.33. The molecule has 0 spiro atoms. The number of amides is 1. The van der Waals surface area contributed by atoms with Crippen LogP contribution in [0.15, 0.2) is 54.7 Å². The number of aromatic nitrogens is 1. The van der Waals surface area contributed by atoms with Gasteiger partial charge in [0.05, 0.1) is 12.5 Å². The number of nitrogens with zero attached hydrogens (tertiary/aromatic N) is 1. The monoisotopic (exact) mass is 416 g/mol. The number of aromatic amines is 1. The van der Waals surface area contributed by atoms with Crippen molar-refractivity contribution in [3.8, 4) is 0 Å². The maximum absolute atomic E-state index is 13.1. The predicted molar refractivity (Wildman–Crippen MR) is 118 cm³/mol. The van der Waals surface area contributed by atoms with Gasteiger partial charge in [0.2, 0.25) is 11.7 Å². The summed E-state index contributed by atoms with van der Waals surface area (Å²) in [6, 6.07) is 14.7. The number of hydrogen-bond acceptors (Lipinski definition) is 4. The van der Waals surface area contributed by atoms with Crippen molar-refractivity contribution in [1.29, 1.82) is 0 Å². The summed E-state index contributed by atoms with van der Waals surface area (Å²) in [5.41, 5.74) is 3.97. The molecular formula is C25H24N2O4. The molecule has 1 N–H and O–H groups in total. The van der Waals surface area contributed by atoms with Crippen molar-refractivity contribution in [2.45, 2.75) is 39.3 Å². The van der Waals surface area contributed by atoms with Gasteiger partial charge in [-0.05, 0) is 37.1 Å². The van der Waals surface area contributed by atoms with E-state index in [1.54, 1.807) is 13.1 Å². The van der Waals surface area contributed by atoms with Gasteiger partial charge in [-0.25, -0.2) is 0 Å². The van der Waals surface area contributed by atoms with Gasteiger partial charge in [0, 0.05) is 35.3 Å². The van der Waals surface area contributed by atoms with E-state index in [1.807, 2.05) is 61.5 Å². The maximum atomic E-state index is 13.1. The van der Waals surface area contributed by atoms with E-state index in [0.717, 1.165) is 27.7 Å². The number of Topliss-reactive ketones (excluding diaryl/α,β-unsaturated/α-hetero) is 1. The van der Waals surface area contributed by atoms with Crippen LogP contribution < -0.4 is 0 Å². The molecule has 2 atom stereocenters. The minimum atomic E-state index is -0.939. The zero-order valence-electron chi connectivity index (χ0n) is 17.7. The fourth-order valence-corrected chi connectivity index (χ4v) is 4.17. The second-order valence-electron chi connectivity index (χ2n) is 7.76. The highest BCUT2D eigenvalue weighted by molar-refractivity contribution is 6.11. The van der Waals surface area contributed by atoms with Crippen molar-refractivity contribution in [3.05, 3.63) is 77.1 Å². The van der Waals surface area contributed by atoms with E-state index >= 15 is 0 Å². The summed E-state index contributed by atoms with van der Waals surface area (Å²) in [5, 5.41) is 0.807. The Morgan fingerprint density at radius 3 is 2.58 bits per heavy atom. The number of ether oxygens (including phenoxy) is 1. The van der Waals surface area contributed by atoms with E-state index in [0.29, 0.717) is 5.56 Å². The number of benzene rings is 2. The molecule has 0 saturated heterocycles. The molecule has 1 aromatic heterocycles. The van der Waals surface area contributed by atoms with E-state index in [1.165, 1.54) is 11.8 Å². The molecule has 1 aliphatic heterocycles. The molecule has 0 bridgehead atoms. The number of aryl methyl sites for hydroxylation is 1. The normalized spacial score (nSPS) is 16.1. The standard InChI is InChI=1S/C25H24N2O4/c1-15-24(20-10-6-7-11-21(20)26-15)25(30)16(2)31-23(29)14-22-19-9-5-4-8-18(19)12-13-27(22)17(3)28/h4-13,16,22,26H,14H2,1-3H3/t16-,22+/m0/s1. The molecule has 2 aromatic carbocycles. The minimum Gasteiger partial charge on any atom is -0.454 e. The van der Waals surface area contributed by atoms with E-state index in [-0.39, 0.29) is 18.1 Å². The van der Waals surface area contributed by atoms with Crippen LogP contribution >= 0.6 is 0 Å². The fraction of sp³-hybridized carbons (Fsp3) is 0.240. The number of nitrogens with one attached hydrogen (secondary N) is 1. The third-order valence-corrected chi connectivity index (χ3v) is 5.65. The lowest BCUT2D eigenvalue weighted by atomic mass is 9.94. The zero-order chi connectivity index (χ0) is 22.1. The summed E-state index contributed by atoms with van der Waals surface area (Å²) in [7, 11) is 0. The highest BCUT2D eigenvalue weighted by Gasteiger charge is 2.31. The number of ketones is 1. The highest BCUT2D eigenvalue weighted by atomic mass is 16.5. The topological polar surface area (TPSA) is 79.5 Å². The Labute approximate surface area is 180 Å². The molecule has 1 aliphatic rings. The molecule has 0 radical (unpaired) electrons. The van der Waals surface area contributed by atoms with Crippen LogP contribution in [0.25, 0.3) is 17.0 Å². The number of H-pyrrole nitrogens is 1. The molecule has 31 heavy (non-hydrogen) atoms. The van der Waals surface area contributed by atoms with Gasteiger partial charge in [-0.15, -0.1) is 0 Å². The van der Waals surface area contributed by atoms with Gasteiger partial charge in [0.1, 0.15) is 0 Å². The number of carbonyl (C=O) groups is 3. The maximum Gasteiger partial charge on any atom is 0.308 e. The van der Waals surface area contributed by atoms with Gasteiger partial charge in [-0.2, -0.15) is 0 Å². The fourth-order valence-electron chi connectivity index (χ4n) is 4.17. The molecule has 0 saturated carbocycles. The van der Waals surface area contributed by atoms with Gasteiger partial charge in [0.15, 0.2) is 6.10 Å². The third kappa shape index (κ3) is 3.89. The Bertz CT molecular complexity index is 1210. The largest absolute Gasteiger partial charge is 0.454 e. The van der Waals surface area contributed by atoms with Crippen molar-refractivity contribution >= 4 is 34.6 Å². The summed E-state index contributed by atoms with van der Waals surface area (Å²) < 4.78 is 5.52. The quantitative estimate of drug-likeness (QED) is 0.489. The molecule has 4 rings (SSSR count). The first-order valence-electron chi connectivity index (χ1n) is 10.2. The smallest absolute Gasteiger partial charge is 0.308 e. The van der Waals surface area contributed by atoms with Crippen LogP contribution in [-0.2, 0) is 14.3 Å². The Morgan fingerprint density at radius 2 is 1.81 bits per heavy atom. The summed E-state index contributed by atoms with van der Waals surface area (Å²) in [4.78, 5) is 42.7. The Hall–Kier alpha value is -3.67. The van der Waals surface area contributed by atoms with Crippen molar-refractivity contribution in [2.75, 3.05) is 0 Å². The Morgan fingerprint density at radius 1 is 1.10 bits per heavy atom. The second-order valence-corrected chi connectivity index (χ2v) is 7.76. The molecule has 158 valence electrons. The number of carbonyl (C=O) groups excluding carboxylic acids is 3.